The minimum atomic E-state index is 0.0359. The van der Waals surface area contributed by atoms with Crippen LogP contribution in [0.5, 0.6) is 11.5 Å². The van der Waals surface area contributed by atoms with Crippen molar-refractivity contribution in [1.82, 2.24) is 15.5 Å². The quantitative estimate of drug-likeness (QED) is 0.592. The third-order valence-electron chi connectivity index (χ3n) is 5.86. The number of nitrogens with one attached hydrogen (secondary N) is 2. The summed E-state index contributed by atoms with van der Waals surface area (Å²) in [5.41, 5.74) is 0. The average Bonchev–Trinajstić information content (AvgIpc) is 2.66. The molecule has 150 valence electrons. The molecule has 0 spiro atoms. The first-order valence-electron chi connectivity index (χ1n) is 10.1. The molecule has 6 heteroatoms. The third kappa shape index (κ3) is 5.28. The van der Waals surface area contributed by atoms with Crippen LogP contribution >= 0.6 is 0 Å². The fourth-order valence-corrected chi connectivity index (χ4v) is 4.29. The minimum Gasteiger partial charge on any atom is -0.497 e. The molecule has 2 saturated heterocycles. The number of hydrogen-bond donors (Lipinski definition) is 2. The summed E-state index contributed by atoms with van der Waals surface area (Å²) in [4.78, 5) is 6.99. The van der Waals surface area contributed by atoms with Crippen LogP contribution < -0.4 is 20.1 Å². The number of fused-ring (bicyclic) bond motifs is 2. The van der Waals surface area contributed by atoms with Crippen molar-refractivity contribution in [2.24, 2.45) is 4.99 Å². The van der Waals surface area contributed by atoms with Gasteiger partial charge in [0.05, 0.1) is 13.7 Å². The summed E-state index contributed by atoms with van der Waals surface area (Å²) in [5, 5.41) is 7.04. The van der Waals surface area contributed by atoms with E-state index in [0.29, 0.717) is 24.7 Å². The molecule has 0 saturated carbocycles. The summed E-state index contributed by atoms with van der Waals surface area (Å²) >= 11 is 0. The lowest BCUT2D eigenvalue weighted by Gasteiger charge is -2.47. The number of piperidine rings is 2. The number of rotatable bonds is 6. The fourth-order valence-electron chi connectivity index (χ4n) is 4.29. The lowest BCUT2D eigenvalue weighted by molar-refractivity contribution is 0.0526. The second-order valence-corrected chi connectivity index (χ2v) is 7.77. The number of ether oxygens (including phenoxy) is 2. The SMILES string of the molecule is CN=C(NCC(C)Oc1ccc(OC)cc1)NC1CC2CCCC(C1)N2C. The van der Waals surface area contributed by atoms with Gasteiger partial charge in [-0.1, -0.05) is 6.42 Å². The zero-order valence-corrected chi connectivity index (χ0v) is 17.1. The van der Waals surface area contributed by atoms with Crippen molar-refractivity contribution in [1.29, 1.82) is 0 Å². The summed E-state index contributed by atoms with van der Waals surface area (Å²) in [6, 6.07) is 9.61. The summed E-state index contributed by atoms with van der Waals surface area (Å²) < 4.78 is 11.1. The molecule has 2 aliphatic heterocycles. The predicted molar refractivity (Wildman–Crippen MR) is 110 cm³/mol. The first-order valence-corrected chi connectivity index (χ1v) is 10.1. The van der Waals surface area contributed by atoms with Crippen molar-refractivity contribution in [3.05, 3.63) is 24.3 Å². The van der Waals surface area contributed by atoms with E-state index < -0.39 is 0 Å². The molecule has 0 aliphatic carbocycles. The van der Waals surface area contributed by atoms with E-state index in [-0.39, 0.29) is 6.10 Å². The normalized spacial score (nSPS) is 27.0. The topological polar surface area (TPSA) is 58.1 Å². The van der Waals surface area contributed by atoms with E-state index in [2.05, 4.69) is 34.5 Å². The largest absolute Gasteiger partial charge is 0.497 e. The highest BCUT2D eigenvalue weighted by atomic mass is 16.5. The van der Waals surface area contributed by atoms with Crippen LogP contribution in [0.2, 0.25) is 0 Å². The highest BCUT2D eigenvalue weighted by Crippen LogP contribution is 2.32. The van der Waals surface area contributed by atoms with Gasteiger partial charge in [-0.2, -0.15) is 0 Å². The van der Waals surface area contributed by atoms with Crippen LogP contribution in [0, 0.1) is 0 Å². The van der Waals surface area contributed by atoms with Crippen LogP contribution in [-0.4, -0.2) is 62.8 Å². The Labute approximate surface area is 163 Å². The van der Waals surface area contributed by atoms with Crippen molar-refractivity contribution >= 4 is 5.96 Å². The lowest BCUT2D eigenvalue weighted by atomic mass is 9.82. The van der Waals surface area contributed by atoms with E-state index in [0.717, 1.165) is 17.5 Å². The highest BCUT2D eigenvalue weighted by molar-refractivity contribution is 5.80. The van der Waals surface area contributed by atoms with Crippen LogP contribution in [0.1, 0.15) is 39.0 Å². The predicted octanol–water partition coefficient (Wildman–Crippen LogP) is 2.64. The molecule has 2 fully saturated rings. The molecule has 2 aliphatic rings. The molecule has 0 amide bonds. The van der Waals surface area contributed by atoms with Crippen LogP contribution in [-0.2, 0) is 0 Å². The van der Waals surface area contributed by atoms with Crippen molar-refractivity contribution in [2.75, 3.05) is 27.7 Å². The molecule has 3 atom stereocenters. The standard InChI is InChI=1S/C21H34N4O2/c1-15(27-20-10-8-19(26-4)9-11-20)14-23-21(22-2)24-16-12-17-6-5-7-18(13-16)25(17)3/h8-11,15-18H,5-7,12-14H2,1-4H3,(H2,22,23,24). The van der Waals surface area contributed by atoms with Gasteiger partial charge in [-0.15, -0.1) is 0 Å². The van der Waals surface area contributed by atoms with E-state index in [4.69, 9.17) is 9.47 Å². The van der Waals surface area contributed by atoms with Gasteiger partial charge in [-0.25, -0.2) is 0 Å². The molecule has 2 heterocycles. The van der Waals surface area contributed by atoms with Gasteiger partial charge >= 0.3 is 0 Å². The Morgan fingerprint density at radius 3 is 2.41 bits per heavy atom. The zero-order chi connectivity index (χ0) is 19.2. The Kier molecular flexibility index (Phi) is 6.83. The minimum absolute atomic E-state index is 0.0359. The van der Waals surface area contributed by atoms with Crippen molar-refractivity contribution in [2.45, 2.75) is 63.3 Å². The van der Waals surface area contributed by atoms with Crippen molar-refractivity contribution in [3.8, 4) is 11.5 Å². The second-order valence-electron chi connectivity index (χ2n) is 7.77. The monoisotopic (exact) mass is 374 g/mol. The van der Waals surface area contributed by atoms with Gasteiger partial charge in [0.25, 0.3) is 0 Å². The summed E-state index contributed by atoms with van der Waals surface area (Å²) in [7, 11) is 5.79. The Morgan fingerprint density at radius 1 is 1.19 bits per heavy atom. The fraction of sp³-hybridized carbons (Fsp3) is 0.667. The Hall–Kier alpha value is -1.95. The van der Waals surface area contributed by atoms with Gasteiger partial charge in [0.15, 0.2) is 5.96 Å². The maximum Gasteiger partial charge on any atom is 0.191 e. The maximum atomic E-state index is 5.97. The average molecular weight is 375 g/mol. The van der Waals surface area contributed by atoms with Crippen LogP contribution in [0.25, 0.3) is 0 Å². The second kappa shape index (κ2) is 9.31. The van der Waals surface area contributed by atoms with Crippen LogP contribution in [0.4, 0.5) is 0 Å². The van der Waals surface area contributed by atoms with E-state index in [9.17, 15) is 0 Å². The number of aliphatic imine (C=N–C) groups is 1. The number of hydrogen-bond acceptors (Lipinski definition) is 4. The number of guanidine groups is 1. The summed E-state index contributed by atoms with van der Waals surface area (Å²) in [5.74, 6) is 2.55. The molecule has 1 aromatic rings. The first-order chi connectivity index (χ1) is 13.1. The highest BCUT2D eigenvalue weighted by Gasteiger charge is 2.36. The smallest absolute Gasteiger partial charge is 0.191 e. The summed E-state index contributed by atoms with van der Waals surface area (Å²) in [6.07, 6.45) is 6.46. The zero-order valence-electron chi connectivity index (χ0n) is 17.1. The van der Waals surface area contributed by atoms with E-state index in [1.54, 1.807) is 7.11 Å². The first kappa shape index (κ1) is 19.8. The summed E-state index contributed by atoms with van der Waals surface area (Å²) in [6.45, 7) is 2.76. The molecular weight excluding hydrogens is 340 g/mol. The van der Waals surface area contributed by atoms with Crippen molar-refractivity contribution in [3.63, 3.8) is 0 Å². The van der Waals surface area contributed by atoms with E-state index >= 15 is 0 Å². The third-order valence-corrected chi connectivity index (χ3v) is 5.86. The molecule has 0 radical (unpaired) electrons. The van der Waals surface area contributed by atoms with Crippen LogP contribution in [0.3, 0.4) is 0 Å². The Morgan fingerprint density at radius 2 is 1.81 bits per heavy atom. The number of nitrogens with zero attached hydrogens (tertiary/aromatic N) is 2. The molecule has 2 N–H and O–H groups in total. The number of methoxy groups -OCH3 is 1. The van der Waals surface area contributed by atoms with Crippen LogP contribution in [0.15, 0.2) is 29.3 Å². The molecule has 3 rings (SSSR count). The van der Waals surface area contributed by atoms with Gasteiger partial charge in [-0.05, 0) is 63.9 Å². The molecular formula is C21H34N4O2. The van der Waals surface area contributed by atoms with E-state index in [1.165, 1.54) is 32.1 Å². The molecule has 2 bridgehead atoms. The molecule has 3 unspecified atom stereocenters. The molecule has 6 nitrogen and oxygen atoms in total. The van der Waals surface area contributed by atoms with Gasteiger partial charge in [0.2, 0.25) is 0 Å². The van der Waals surface area contributed by atoms with Gasteiger partial charge < -0.3 is 25.0 Å². The molecule has 1 aromatic carbocycles. The van der Waals surface area contributed by atoms with E-state index in [1.807, 2.05) is 31.3 Å². The Bertz CT molecular complexity index is 605. The molecule has 0 aromatic heterocycles. The van der Waals surface area contributed by atoms with Gasteiger partial charge in [0, 0.05) is 25.2 Å². The van der Waals surface area contributed by atoms with Gasteiger partial charge in [-0.3, -0.25) is 4.99 Å². The molecule has 27 heavy (non-hydrogen) atoms. The Balaban J connectivity index is 1.44. The lowest BCUT2D eigenvalue weighted by Crippen LogP contribution is -2.57. The van der Waals surface area contributed by atoms with Crippen molar-refractivity contribution < 1.29 is 9.47 Å². The number of benzene rings is 1. The van der Waals surface area contributed by atoms with Gasteiger partial charge in [0.1, 0.15) is 17.6 Å². The maximum absolute atomic E-state index is 5.97.